The van der Waals surface area contributed by atoms with E-state index >= 15 is 0 Å². The van der Waals surface area contributed by atoms with Gasteiger partial charge in [0.2, 0.25) is 0 Å². The highest BCUT2D eigenvalue weighted by Gasteiger charge is 2.52. The minimum absolute atomic E-state index is 0.0471. The molecule has 0 saturated heterocycles. The number of hydrogen-bond acceptors (Lipinski definition) is 12. The molecule has 0 aromatic heterocycles. The molecule has 0 radical (unpaired) electrons. The van der Waals surface area contributed by atoms with Crippen LogP contribution in [0.15, 0.2) is 18.2 Å². The van der Waals surface area contributed by atoms with Crippen LogP contribution < -0.4 is 0 Å². The summed E-state index contributed by atoms with van der Waals surface area (Å²) in [7, 11) is 0. The fourth-order valence-electron chi connectivity index (χ4n) is 12.7. The molecular weight excluding hydrogens is 1090 g/mol. The Kier molecular flexibility index (Phi) is 49.2. The number of hydrogen-bond donors (Lipinski definition) is 0. The van der Waals surface area contributed by atoms with Gasteiger partial charge >= 0.3 is 35.8 Å². The first-order valence-electron chi connectivity index (χ1n) is 36.5. The lowest BCUT2D eigenvalue weighted by molar-refractivity contribution is -0.174. The predicted molar refractivity (Wildman–Crippen MR) is 356 cm³/mol. The van der Waals surface area contributed by atoms with Crippen molar-refractivity contribution in [3.05, 3.63) is 34.9 Å². The summed E-state index contributed by atoms with van der Waals surface area (Å²) in [5.41, 5.74) is -3.65. The van der Waals surface area contributed by atoms with Crippen molar-refractivity contribution in [3.8, 4) is 0 Å². The molecule has 1 aromatic rings. The normalized spacial score (nSPS) is 11.8. The highest BCUT2D eigenvalue weighted by Crippen LogP contribution is 2.40. The first-order chi connectivity index (χ1) is 42.3. The first kappa shape index (κ1) is 81.1. The van der Waals surface area contributed by atoms with E-state index < -0.39 is 52.1 Å². The monoisotopic (exact) mass is 1220 g/mol. The summed E-state index contributed by atoms with van der Waals surface area (Å²) < 4.78 is 34.8. The van der Waals surface area contributed by atoms with E-state index in [9.17, 15) is 28.8 Å². The van der Waals surface area contributed by atoms with Crippen LogP contribution in [-0.4, -0.2) is 75.5 Å². The number of unbranched alkanes of at least 4 members (excludes halogenated alkanes) is 36. The Morgan fingerprint density at radius 3 is 0.506 bits per heavy atom. The van der Waals surface area contributed by atoms with Crippen LogP contribution in [0.2, 0.25) is 0 Å². The van der Waals surface area contributed by atoms with E-state index in [4.69, 9.17) is 28.4 Å². The van der Waals surface area contributed by atoms with Crippen molar-refractivity contribution in [1.82, 2.24) is 0 Å². The molecular formula is C75H132O12. The lowest BCUT2D eigenvalue weighted by Gasteiger charge is -2.32. The molecule has 0 heterocycles. The molecule has 12 heteroatoms. The molecule has 0 saturated carbocycles. The van der Waals surface area contributed by atoms with Crippen LogP contribution in [0.25, 0.3) is 0 Å². The van der Waals surface area contributed by atoms with Crippen LogP contribution in [0.4, 0.5) is 0 Å². The maximum absolute atomic E-state index is 14.6. The van der Waals surface area contributed by atoms with E-state index in [1.807, 2.05) is 18.2 Å². The van der Waals surface area contributed by atoms with Crippen molar-refractivity contribution in [1.29, 1.82) is 0 Å². The Bertz CT molecular complexity index is 1650. The van der Waals surface area contributed by atoms with Gasteiger partial charge in [-0.2, -0.15) is 0 Å². The summed E-state index contributed by atoms with van der Waals surface area (Å²) in [6, 6.07) is 5.54. The predicted octanol–water partition coefficient (Wildman–Crippen LogP) is 20.1. The van der Waals surface area contributed by atoms with Gasteiger partial charge < -0.3 is 28.4 Å². The standard InChI is InChI=1S/C75H132O12/c1-10-19-22-25-28-31-34-37-40-43-46-49-52-55-73(67(76)82-13-4,68(77)83-14-5)61-64-58-65(62-74(69(78)84-15-6,70(79)85-16-7)56-53-50-47-44-41-38-35-32-29-26-23-20-11-2)60-66(59-64)63-75(71(80)86-17-8,72(81)87-18-9)57-54-51-48-45-42-39-36-33-30-27-24-21-12-3/h58-60H,10-57,61-63H2,1-9H3. The van der Waals surface area contributed by atoms with E-state index in [-0.39, 0.29) is 78.2 Å². The fraction of sp³-hybridized carbons (Fsp3) is 0.840. The van der Waals surface area contributed by atoms with E-state index in [0.717, 1.165) is 77.0 Å². The zero-order chi connectivity index (χ0) is 64.1. The molecule has 504 valence electrons. The second-order valence-electron chi connectivity index (χ2n) is 25.2. The Morgan fingerprint density at radius 2 is 0.368 bits per heavy atom. The van der Waals surface area contributed by atoms with Crippen LogP contribution in [0.1, 0.15) is 349 Å². The van der Waals surface area contributed by atoms with Gasteiger partial charge in [-0.25, -0.2) is 0 Å². The molecule has 0 aliphatic rings. The van der Waals surface area contributed by atoms with Crippen molar-refractivity contribution in [2.75, 3.05) is 39.6 Å². The van der Waals surface area contributed by atoms with E-state index in [1.165, 1.54) is 154 Å². The summed E-state index contributed by atoms with van der Waals surface area (Å²) in [4.78, 5) is 87.9. The van der Waals surface area contributed by atoms with Gasteiger partial charge in [0, 0.05) is 0 Å². The third kappa shape index (κ3) is 33.6. The highest BCUT2D eigenvalue weighted by atomic mass is 16.6. The molecule has 0 bridgehead atoms. The third-order valence-electron chi connectivity index (χ3n) is 17.7. The topological polar surface area (TPSA) is 158 Å². The van der Waals surface area contributed by atoms with E-state index in [1.54, 1.807) is 41.5 Å². The van der Waals surface area contributed by atoms with Crippen molar-refractivity contribution < 1.29 is 57.2 Å². The molecule has 0 unspecified atom stereocenters. The molecule has 1 aromatic carbocycles. The second kappa shape index (κ2) is 52.8. The van der Waals surface area contributed by atoms with Gasteiger partial charge in [-0.15, -0.1) is 0 Å². The zero-order valence-electron chi connectivity index (χ0n) is 57.7. The Morgan fingerprint density at radius 1 is 0.230 bits per heavy atom. The van der Waals surface area contributed by atoms with Gasteiger partial charge in [-0.1, -0.05) is 289 Å². The maximum atomic E-state index is 14.6. The van der Waals surface area contributed by atoms with Crippen LogP contribution in [0, 0.1) is 16.2 Å². The molecule has 0 aliphatic carbocycles. The van der Waals surface area contributed by atoms with Gasteiger partial charge in [-0.3, -0.25) is 28.8 Å². The summed E-state index contributed by atoms with van der Waals surface area (Å²) >= 11 is 0. The second-order valence-corrected chi connectivity index (χ2v) is 25.2. The molecule has 87 heavy (non-hydrogen) atoms. The lowest BCUT2D eigenvalue weighted by Crippen LogP contribution is -2.45. The molecule has 0 spiro atoms. The van der Waals surface area contributed by atoms with Gasteiger partial charge in [-0.05, 0) is 96.8 Å². The van der Waals surface area contributed by atoms with Crippen molar-refractivity contribution in [3.63, 3.8) is 0 Å². The van der Waals surface area contributed by atoms with Gasteiger partial charge in [0.15, 0.2) is 16.2 Å². The Balaban J connectivity index is 3.96. The van der Waals surface area contributed by atoms with Crippen molar-refractivity contribution >= 4 is 35.8 Å². The molecule has 0 N–H and O–H groups in total. The van der Waals surface area contributed by atoms with Gasteiger partial charge in [0.25, 0.3) is 0 Å². The number of carbonyl (C=O) groups excluding carboxylic acids is 6. The van der Waals surface area contributed by atoms with Crippen molar-refractivity contribution in [2.45, 2.75) is 351 Å². The SMILES string of the molecule is CCCCCCCCCCCCCCCC(Cc1cc(CC(CCCCCCCCCCCCCCC)(C(=O)OCC)C(=O)OCC)cc(CC(CCCCCCCCCCCCCCC)(C(=O)OCC)C(=O)OCC)c1)(C(=O)OCC)C(=O)OCC. The average molecular weight is 1230 g/mol. The van der Waals surface area contributed by atoms with E-state index in [2.05, 4.69) is 20.8 Å². The van der Waals surface area contributed by atoms with Gasteiger partial charge in [0.05, 0.1) is 39.6 Å². The average Bonchev–Trinajstić information content (AvgIpc) is 2.18. The summed E-state index contributed by atoms with van der Waals surface area (Å²) in [6.45, 7) is 17.4. The fourth-order valence-corrected chi connectivity index (χ4v) is 12.7. The third-order valence-corrected chi connectivity index (χ3v) is 17.7. The van der Waals surface area contributed by atoms with Crippen LogP contribution in [0.3, 0.4) is 0 Å². The molecule has 0 aliphatic heterocycles. The minimum Gasteiger partial charge on any atom is -0.465 e. The number of carbonyl (C=O) groups is 6. The van der Waals surface area contributed by atoms with Crippen molar-refractivity contribution in [2.24, 2.45) is 16.2 Å². The van der Waals surface area contributed by atoms with E-state index in [0.29, 0.717) is 36.0 Å². The largest absolute Gasteiger partial charge is 0.465 e. The quantitative estimate of drug-likeness (QED) is 0.0263. The minimum atomic E-state index is -1.75. The molecule has 0 atom stereocenters. The molecule has 1 rings (SSSR count). The zero-order valence-corrected chi connectivity index (χ0v) is 57.7. The smallest absolute Gasteiger partial charge is 0.323 e. The number of ether oxygens (including phenoxy) is 6. The molecule has 0 amide bonds. The number of esters is 6. The first-order valence-corrected chi connectivity index (χ1v) is 36.5. The van der Waals surface area contributed by atoms with Crippen LogP contribution in [0.5, 0.6) is 0 Å². The summed E-state index contributed by atoms with van der Waals surface area (Å²) in [5, 5.41) is 0. The highest BCUT2D eigenvalue weighted by molar-refractivity contribution is 6.02. The van der Waals surface area contributed by atoms with Crippen LogP contribution >= 0.6 is 0 Å². The summed E-state index contributed by atoms with van der Waals surface area (Å²) in [6.07, 6.45) is 44.4. The maximum Gasteiger partial charge on any atom is 0.323 e. The molecule has 0 fully saturated rings. The Labute approximate surface area is 532 Å². The number of rotatable bonds is 60. The molecule has 12 nitrogen and oxygen atoms in total. The van der Waals surface area contributed by atoms with Crippen LogP contribution in [-0.2, 0) is 76.5 Å². The summed E-state index contributed by atoms with van der Waals surface area (Å²) in [5.74, 6) is -4.09. The lowest BCUT2D eigenvalue weighted by atomic mass is 9.72. The van der Waals surface area contributed by atoms with Gasteiger partial charge in [0.1, 0.15) is 0 Å². The Hall–Kier alpha value is -3.96. The number of benzene rings is 1.